The summed E-state index contributed by atoms with van der Waals surface area (Å²) in [6.07, 6.45) is 0. The van der Waals surface area contributed by atoms with Gasteiger partial charge in [-0.2, -0.15) is 0 Å². The maximum absolute atomic E-state index is 12.3. The fraction of sp³-hybridized carbons (Fsp3) is 0.0769. The lowest BCUT2D eigenvalue weighted by Gasteiger charge is -2.07. The molecule has 19 heavy (non-hydrogen) atoms. The molecule has 6 heteroatoms. The topological polar surface area (TPSA) is 34.1 Å². The van der Waals surface area contributed by atoms with Gasteiger partial charge in [0.1, 0.15) is 0 Å². The van der Waals surface area contributed by atoms with Crippen LogP contribution in [0.3, 0.4) is 0 Å². The Morgan fingerprint density at radius 3 is 2.47 bits per heavy atom. The van der Waals surface area contributed by atoms with Gasteiger partial charge in [0.05, 0.1) is 15.7 Å². The first-order chi connectivity index (χ1) is 8.88. The monoisotopic (exact) mass is 378 g/mol. The third-order valence-corrected chi connectivity index (χ3v) is 5.37. The highest BCUT2D eigenvalue weighted by atomic mass is 79.9. The second kappa shape index (κ2) is 5.83. The lowest BCUT2D eigenvalue weighted by Crippen LogP contribution is -2.05. The molecule has 0 amide bonds. The molecule has 0 bridgehead atoms. The number of hydrogen-bond acceptors (Lipinski definition) is 2. The minimum Gasteiger partial charge on any atom is -0.223 e. The molecule has 0 aromatic heterocycles. The first-order valence-electron chi connectivity index (χ1n) is 5.31. The number of sulfone groups is 1. The zero-order valence-electron chi connectivity index (χ0n) is 9.61. The van der Waals surface area contributed by atoms with Crippen molar-refractivity contribution in [1.29, 1.82) is 0 Å². The van der Waals surface area contributed by atoms with Crippen LogP contribution in [-0.2, 0) is 15.6 Å². The maximum atomic E-state index is 12.3. The third-order valence-electron chi connectivity index (χ3n) is 2.47. The van der Waals surface area contributed by atoms with Gasteiger partial charge in [0.2, 0.25) is 0 Å². The van der Waals surface area contributed by atoms with Crippen molar-refractivity contribution in [3.8, 4) is 0 Å². The van der Waals surface area contributed by atoms with Gasteiger partial charge in [0, 0.05) is 9.50 Å². The van der Waals surface area contributed by atoms with E-state index in [-0.39, 0.29) is 15.7 Å². The first kappa shape index (κ1) is 14.9. The van der Waals surface area contributed by atoms with Gasteiger partial charge >= 0.3 is 0 Å². The molecule has 0 saturated heterocycles. The van der Waals surface area contributed by atoms with Crippen LogP contribution in [0.25, 0.3) is 0 Å². The quantitative estimate of drug-likeness (QED) is 0.772. The van der Waals surface area contributed by atoms with Crippen LogP contribution in [0.4, 0.5) is 0 Å². The van der Waals surface area contributed by atoms with Gasteiger partial charge in [-0.05, 0) is 35.9 Å². The molecule has 100 valence electrons. The summed E-state index contributed by atoms with van der Waals surface area (Å²) in [6, 6.07) is 11.5. The van der Waals surface area contributed by atoms with Crippen molar-refractivity contribution in [1.82, 2.24) is 0 Å². The van der Waals surface area contributed by atoms with Gasteiger partial charge in [0.25, 0.3) is 0 Å². The smallest absolute Gasteiger partial charge is 0.184 e. The molecule has 0 heterocycles. The maximum Gasteiger partial charge on any atom is 0.184 e. The van der Waals surface area contributed by atoms with E-state index in [4.69, 9.17) is 23.2 Å². The van der Waals surface area contributed by atoms with E-state index in [2.05, 4.69) is 15.9 Å². The van der Waals surface area contributed by atoms with Gasteiger partial charge in [-0.15, -0.1) is 0 Å². The van der Waals surface area contributed by atoms with Crippen LogP contribution in [0.2, 0.25) is 10.0 Å². The molecular weight excluding hydrogens is 371 g/mol. The summed E-state index contributed by atoms with van der Waals surface area (Å²) < 4.78 is 25.3. The van der Waals surface area contributed by atoms with Crippen LogP contribution in [0.15, 0.2) is 51.8 Å². The van der Waals surface area contributed by atoms with Crippen LogP contribution < -0.4 is 0 Å². The zero-order valence-corrected chi connectivity index (χ0v) is 13.5. The van der Waals surface area contributed by atoms with E-state index in [1.165, 1.54) is 6.07 Å². The molecule has 0 saturated carbocycles. The normalized spacial score (nSPS) is 11.5. The number of halogens is 3. The van der Waals surface area contributed by atoms with Crippen LogP contribution in [0.1, 0.15) is 5.56 Å². The lowest BCUT2D eigenvalue weighted by atomic mass is 10.2. The van der Waals surface area contributed by atoms with Crippen LogP contribution in [0, 0.1) is 0 Å². The predicted octanol–water partition coefficient (Wildman–Crippen LogP) is 4.73. The highest BCUT2D eigenvalue weighted by Crippen LogP contribution is 2.28. The Bertz CT molecular complexity index is 714. The van der Waals surface area contributed by atoms with Gasteiger partial charge < -0.3 is 0 Å². The Morgan fingerprint density at radius 1 is 1.05 bits per heavy atom. The minimum atomic E-state index is -3.50. The van der Waals surface area contributed by atoms with Crippen molar-refractivity contribution in [2.45, 2.75) is 10.6 Å². The van der Waals surface area contributed by atoms with Crippen LogP contribution in [-0.4, -0.2) is 8.42 Å². The van der Waals surface area contributed by atoms with Crippen LogP contribution in [0.5, 0.6) is 0 Å². The Morgan fingerprint density at radius 2 is 1.79 bits per heavy atom. The minimum absolute atomic E-state index is 0.114. The number of benzene rings is 2. The predicted molar refractivity (Wildman–Crippen MR) is 81.5 cm³/mol. The Hall–Kier alpha value is -0.550. The van der Waals surface area contributed by atoms with E-state index < -0.39 is 9.84 Å². The second-order valence-electron chi connectivity index (χ2n) is 3.96. The molecule has 2 rings (SSSR count). The van der Waals surface area contributed by atoms with E-state index in [0.29, 0.717) is 15.1 Å². The standard InChI is InChI=1S/C13H9BrCl2O2S/c14-10-4-5-12(16)13(7-10)19(17,18)8-9-2-1-3-11(15)6-9/h1-7H,8H2. The molecule has 0 unspecified atom stereocenters. The van der Waals surface area contributed by atoms with Crippen molar-refractivity contribution >= 4 is 49.0 Å². The van der Waals surface area contributed by atoms with Gasteiger partial charge in [-0.3, -0.25) is 0 Å². The Labute approximate surface area is 130 Å². The van der Waals surface area contributed by atoms with Gasteiger partial charge in [-0.1, -0.05) is 51.3 Å². The molecular formula is C13H9BrCl2O2S. The van der Waals surface area contributed by atoms with Crippen molar-refractivity contribution in [2.75, 3.05) is 0 Å². The number of rotatable bonds is 3. The molecule has 2 nitrogen and oxygen atoms in total. The van der Waals surface area contributed by atoms with Crippen molar-refractivity contribution in [3.05, 3.63) is 62.5 Å². The summed E-state index contributed by atoms with van der Waals surface area (Å²) >= 11 is 15.0. The van der Waals surface area contributed by atoms with E-state index in [0.717, 1.165) is 0 Å². The van der Waals surface area contributed by atoms with Crippen molar-refractivity contribution < 1.29 is 8.42 Å². The highest BCUT2D eigenvalue weighted by molar-refractivity contribution is 9.10. The largest absolute Gasteiger partial charge is 0.223 e. The van der Waals surface area contributed by atoms with E-state index >= 15 is 0 Å². The zero-order chi connectivity index (χ0) is 14.0. The SMILES string of the molecule is O=S(=O)(Cc1cccc(Cl)c1)c1cc(Br)ccc1Cl. The fourth-order valence-electron chi connectivity index (χ4n) is 1.64. The number of hydrogen-bond donors (Lipinski definition) is 0. The molecule has 0 aliphatic carbocycles. The fourth-order valence-corrected chi connectivity index (χ4v) is 4.28. The molecule has 2 aromatic carbocycles. The van der Waals surface area contributed by atoms with E-state index in [1.807, 2.05) is 0 Å². The second-order valence-corrected chi connectivity index (χ2v) is 7.68. The van der Waals surface area contributed by atoms with Crippen molar-refractivity contribution in [3.63, 3.8) is 0 Å². The molecule has 0 spiro atoms. The molecule has 0 N–H and O–H groups in total. The lowest BCUT2D eigenvalue weighted by molar-refractivity contribution is 0.595. The van der Waals surface area contributed by atoms with Crippen LogP contribution >= 0.6 is 39.1 Å². The van der Waals surface area contributed by atoms with Gasteiger partial charge in [0.15, 0.2) is 9.84 Å². The van der Waals surface area contributed by atoms with Gasteiger partial charge in [-0.25, -0.2) is 8.42 Å². The summed E-state index contributed by atoms with van der Waals surface area (Å²) in [6.45, 7) is 0. The third kappa shape index (κ3) is 3.72. The van der Waals surface area contributed by atoms with Crippen molar-refractivity contribution in [2.24, 2.45) is 0 Å². The average Bonchev–Trinajstić information content (AvgIpc) is 2.31. The molecule has 2 aromatic rings. The first-order valence-corrected chi connectivity index (χ1v) is 8.51. The molecule has 0 radical (unpaired) electrons. The highest BCUT2D eigenvalue weighted by Gasteiger charge is 2.19. The average molecular weight is 380 g/mol. The summed E-state index contributed by atoms with van der Waals surface area (Å²) in [7, 11) is -3.50. The molecule has 0 atom stereocenters. The summed E-state index contributed by atoms with van der Waals surface area (Å²) in [5.41, 5.74) is 0.628. The summed E-state index contributed by atoms with van der Waals surface area (Å²) in [4.78, 5) is 0.114. The Kier molecular flexibility index (Phi) is 4.56. The molecule has 0 aliphatic heterocycles. The van der Waals surface area contributed by atoms with E-state index in [9.17, 15) is 8.42 Å². The summed E-state index contributed by atoms with van der Waals surface area (Å²) in [5.74, 6) is -0.135. The van der Waals surface area contributed by atoms with E-state index in [1.54, 1.807) is 36.4 Å². The molecule has 0 aliphatic rings. The summed E-state index contributed by atoms with van der Waals surface area (Å²) in [5, 5.41) is 0.721. The molecule has 0 fully saturated rings. The Balaban J connectivity index is 2.40.